The minimum absolute atomic E-state index is 0.0229. The zero-order valence-electron chi connectivity index (χ0n) is 32.9. The number of amides is 3. The first-order valence-corrected chi connectivity index (χ1v) is 18.1. The van der Waals surface area contributed by atoms with Crippen molar-refractivity contribution in [3.8, 4) is 17.2 Å². The van der Waals surface area contributed by atoms with Gasteiger partial charge in [0.2, 0.25) is 23.5 Å². The molecular formula is C40H46N4O13. The van der Waals surface area contributed by atoms with Crippen molar-refractivity contribution in [3.63, 3.8) is 0 Å². The van der Waals surface area contributed by atoms with Crippen LogP contribution >= 0.6 is 0 Å². The van der Waals surface area contributed by atoms with E-state index in [1.54, 1.807) is 17.0 Å². The van der Waals surface area contributed by atoms with Gasteiger partial charge in [0, 0.05) is 80.2 Å². The van der Waals surface area contributed by atoms with Crippen LogP contribution < -0.4 is 35.1 Å². The van der Waals surface area contributed by atoms with E-state index in [1.165, 1.54) is 46.1 Å². The number of nitrogens with zero attached hydrogens (tertiary/aromatic N) is 1. The number of ketones is 1. The first kappa shape index (κ1) is 43.2. The zero-order chi connectivity index (χ0) is 42.0. The van der Waals surface area contributed by atoms with Crippen LogP contribution in [0.25, 0.3) is 5.57 Å². The molecule has 2 aliphatic rings. The molecule has 3 amide bonds. The van der Waals surface area contributed by atoms with E-state index in [-0.39, 0.29) is 90.7 Å². The maximum absolute atomic E-state index is 14.4. The highest BCUT2D eigenvalue weighted by Gasteiger charge is 2.54. The average Bonchev–Trinajstić information content (AvgIpc) is 3.10. The van der Waals surface area contributed by atoms with Crippen LogP contribution in [0.3, 0.4) is 0 Å². The van der Waals surface area contributed by atoms with Gasteiger partial charge in [0.25, 0.3) is 0 Å². The van der Waals surface area contributed by atoms with Gasteiger partial charge in [-0.05, 0) is 53.8 Å². The third kappa shape index (κ3) is 10.8. The molecule has 0 bridgehead atoms. The van der Waals surface area contributed by atoms with Gasteiger partial charge < -0.3 is 44.5 Å². The highest BCUT2D eigenvalue weighted by Crippen LogP contribution is 2.54. The summed E-state index contributed by atoms with van der Waals surface area (Å²) in [6.45, 7) is 7.71. The van der Waals surface area contributed by atoms with Crippen molar-refractivity contribution in [1.29, 1.82) is 0 Å². The lowest BCUT2D eigenvalue weighted by molar-refractivity contribution is -0.140. The smallest absolute Gasteiger partial charge is 0.308 e. The van der Waals surface area contributed by atoms with Crippen molar-refractivity contribution < 1.29 is 62.0 Å². The molecule has 4 rings (SSSR count). The van der Waals surface area contributed by atoms with E-state index in [2.05, 4.69) is 16.0 Å². The molecule has 17 nitrogen and oxygen atoms in total. The monoisotopic (exact) mass is 790 g/mol. The van der Waals surface area contributed by atoms with E-state index in [0.29, 0.717) is 24.2 Å². The summed E-state index contributed by atoms with van der Waals surface area (Å²) < 4.78 is 28.7. The standard InChI is InChI=1S/C40H46N4O13/c1-22(45)41-14-10-28-8-9-31-33(18-28)57-40(13-16-43-24(3)47)36(44(31)17-12-37(52)53-7)21-32(51)39(56-27(6)50)38(40)30-20-35(55-26(5)49)34(54-25(4)48)19-29(30)11-15-42-23(2)46/h8-9,18-21H,10-17H2,1-7H3,(H,41,45)(H,42,46)(H,43,47). The molecule has 57 heavy (non-hydrogen) atoms. The molecule has 3 N–H and O–H groups in total. The van der Waals surface area contributed by atoms with Gasteiger partial charge in [-0.3, -0.25) is 38.4 Å². The number of hydrogen-bond acceptors (Lipinski definition) is 14. The lowest BCUT2D eigenvalue weighted by Crippen LogP contribution is -2.54. The molecular weight excluding hydrogens is 744 g/mol. The number of rotatable bonds is 16. The van der Waals surface area contributed by atoms with Crippen LogP contribution in [0.2, 0.25) is 0 Å². The van der Waals surface area contributed by atoms with E-state index in [0.717, 1.165) is 26.3 Å². The third-order valence-corrected chi connectivity index (χ3v) is 8.79. The molecule has 1 aliphatic heterocycles. The topological polar surface area (TPSA) is 222 Å². The molecule has 0 fully saturated rings. The molecule has 0 spiro atoms. The van der Waals surface area contributed by atoms with Gasteiger partial charge in [0.1, 0.15) is 5.75 Å². The maximum atomic E-state index is 14.4. The number of allylic oxidation sites excluding steroid dienone is 1. The summed E-state index contributed by atoms with van der Waals surface area (Å²) in [5.41, 5.74) is 0.0618. The molecule has 1 unspecified atom stereocenters. The largest absolute Gasteiger partial charge is 0.474 e. The summed E-state index contributed by atoms with van der Waals surface area (Å²) in [5, 5.41) is 8.24. The fourth-order valence-electron chi connectivity index (χ4n) is 6.59. The Kier molecular flexibility index (Phi) is 14.3. The number of carbonyl (C=O) groups is 8. The van der Waals surface area contributed by atoms with Crippen molar-refractivity contribution >= 4 is 58.6 Å². The number of benzene rings is 2. The summed E-state index contributed by atoms with van der Waals surface area (Å²) in [4.78, 5) is 102. The number of fused-ring (bicyclic) bond motifs is 2. The number of anilines is 1. The molecule has 2 aromatic rings. The Balaban J connectivity index is 2.14. The van der Waals surface area contributed by atoms with Crippen molar-refractivity contribution in [1.82, 2.24) is 16.0 Å². The van der Waals surface area contributed by atoms with Gasteiger partial charge >= 0.3 is 23.9 Å². The van der Waals surface area contributed by atoms with Crippen LogP contribution in [0, 0.1) is 0 Å². The second kappa shape index (κ2) is 18.9. The number of methoxy groups -OCH3 is 1. The van der Waals surface area contributed by atoms with Crippen molar-refractivity contribution in [2.75, 3.05) is 38.2 Å². The Morgan fingerprint density at radius 3 is 1.89 bits per heavy atom. The predicted molar refractivity (Wildman–Crippen MR) is 203 cm³/mol. The Morgan fingerprint density at radius 1 is 0.737 bits per heavy atom. The molecule has 1 aliphatic carbocycles. The average molecular weight is 791 g/mol. The normalized spacial score (nSPS) is 15.5. The highest BCUT2D eigenvalue weighted by atomic mass is 16.6. The molecule has 0 radical (unpaired) electrons. The van der Waals surface area contributed by atoms with Crippen LogP contribution in [0.15, 0.2) is 47.9 Å². The van der Waals surface area contributed by atoms with Gasteiger partial charge in [-0.15, -0.1) is 0 Å². The fraction of sp³-hybridized carbons (Fsp3) is 0.400. The molecule has 2 aromatic carbocycles. The van der Waals surface area contributed by atoms with Gasteiger partial charge in [0.15, 0.2) is 22.9 Å². The van der Waals surface area contributed by atoms with Crippen molar-refractivity contribution in [2.45, 2.75) is 72.8 Å². The van der Waals surface area contributed by atoms with Crippen LogP contribution in [0.4, 0.5) is 5.69 Å². The summed E-state index contributed by atoms with van der Waals surface area (Å²) in [6.07, 6.45) is 1.44. The lowest BCUT2D eigenvalue weighted by Gasteiger charge is -2.50. The SMILES string of the molecule is COC(=O)CCN1C2=CC(=O)C(OC(C)=O)=C(c3cc(OC(C)=O)c(OC(C)=O)cc3CCNC(C)=O)C2(CCNC(C)=O)Oc2cc(CCNC(C)=O)ccc21. The van der Waals surface area contributed by atoms with E-state index in [4.69, 9.17) is 23.7 Å². The molecule has 304 valence electrons. The predicted octanol–water partition coefficient (Wildman–Crippen LogP) is 2.36. The Bertz CT molecular complexity index is 2050. The van der Waals surface area contributed by atoms with Gasteiger partial charge in [0.05, 0.1) is 30.5 Å². The van der Waals surface area contributed by atoms with E-state index >= 15 is 0 Å². The van der Waals surface area contributed by atoms with Crippen LogP contribution in [0.1, 0.15) is 71.1 Å². The second-order valence-electron chi connectivity index (χ2n) is 13.2. The van der Waals surface area contributed by atoms with Crippen molar-refractivity contribution in [3.05, 3.63) is 64.6 Å². The minimum Gasteiger partial charge on any atom is -0.474 e. The number of nitrogens with one attached hydrogen (secondary N) is 3. The highest BCUT2D eigenvalue weighted by molar-refractivity contribution is 6.14. The maximum Gasteiger partial charge on any atom is 0.308 e. The number of ether oxygens (including phenoxy) is 5. The summed E-state index contributed by atoms with van der Waals surface area (Å²) in [6, 6.07) is 8.05. The zero-order valence-corrected chi connectivity index (χ0v) is 32.9. The minimum atomic E-state index is -1.81. The van der Waals surface area contributed by atoms with Gasteiger partial charge in [-0.2, -0.15) is 0 Å². The lowest BCUT2D eigenvalue weighted by atomic mass is 9.74. The number of esters is 4. The fourth-order valence-corrected chi connectivity index (χ4v) is 6.59. The number of hydrogen-bond donors (Lipinski definition) is 3. The summed E-state index contributed by atoms with van der Waals surface area (Å²) in [7, 11) is 1.24. The van der Waals surface area contributed by atoms with Gasteiger partial charge in [-0.1, -0.05) is 6.07 Å². The van der Waals surface area contributed by atoms with E-state index in [1.807, 2.05) is 6.07 Å². The molecule has 1 atom stereocenters. The second-order valence-corrected chi connectivity index (χ2v) is 13.2. The number of carbonyl (C=O) groups excluding carboxylic acids is 8. The summed E-state index contributed by atoms with van der Waals surface area (Å²) in [5.74, 6) is -5.21. The first-order valence-electron chi connectivity index (χ1n) is 18.1. The first-order chi connectivity index (χ1) is 26.9. The Morgan fingerprint density at radius 2 is 1.32 bits per heavy atom. The molecule has 0 saturated heterocycles. The molecule has 1 heterocycles. The van der Waals surface area contributed by atoms with Crippen LogP contribution in [0.5, 0.6) is 17.2 Å². The van der Waals surface area contributed by atoms with E-state index < -0.39 is 41.0 Å². The molecule has 17 heteroatoms. The third-order valence-electron chi connectivity index (χ3n) is 8.79. The van der Waals surface area contributed by atoms with Crippen LogP contribution in [-0.4, -0.2) is 86.3 Å². The molecule has 0 aromatic heterocycles. The van der Waals surface area contributed by atoms with Crippen LogP contribution in [-0.2, 0) is 60.7 Å². The summed E-state index contributed by atoms with van der Waals surface area (Å²) >= 11 is 0. The Labute approximate surface area is 329 Å². The quantitative estimate of drug-likeness (QED) is 0.164. The Hall–Kier alpha value is -6.52. The molecule has 0 saturated carbocycles. The van der Waals surface area contributed by atoms with E-state index in [9.17, 15) is 38.4 Å². The van der Waals surface area contributed by atoms with Crippen molar-refractivity contribution in [2.24, 2.45) is 0 Å². The van der Waals surface area contributed by atoms with Gasteiger partial charge in [-0.25, -0.2) is 0 Å².